The predicted molar refractivity (Wildman–Crippen MR) is 84.8 cm³/mol. The highest BCUT2D eigenvalue weighted by molar-refractivity contribution is 7.71. The minimum Gasteiger partial charge on any atom is -0.370 e. The third kappa shape index (κ3) is 3.03. The molecule has 21 heavy (non-hydrogen) atoms. The molecule has 2 aromatic rings. The van der Waals surface area contributed by atoms with E-state index in [4.69, 9.17) is 40.2 Å². The first-order valence-electron chi connectivity index (χ1n) is 6.44. The molecule has 1 atom stereocenters. The van der Waals surface area contributed by atoms with Gasteiger partial charge < -0.3 is 4.74 Å². The first kappa shape index (κ1) is 14.7. The fourth-order valence-electron chi connectivity index (χ4n) is 2.15. The van der Waals surface area contributed by atoms with Gasteiger partial charge >= 0.3 is 0 Å². The Morgan fingerprint density at radius 2 is 2.19 bits per heavy atom. The average molecular weight is 343 g/mol. The van der Waals surface area contributed by atoms with Gasteiger partial charge in [0, 0.05) is 12.2 Å². The number of benzene rings is 1. The number of H-pyrrole nitrogens is 1. The Labute approximate surface area is 136 Å². The molecule has 3 rings (SSSR count). The summed E-state index contributed by atoms with van der Waals surface area (Å²) in [6.07, 6.45) is 3.40. The van der Waals surface area contributed by atoms with E-state index in [0.717, 1.165) is 19.4 Å². The maximum Gasteiger partial charge on any atom is 0.216 e. The molecule has 8 heteroatoms. The Hall–Kier alpha value is -1.21. The lowest BCUT2D eigenvalue weighted by molar-refractivity contribution is 0.102. The maximum absolute atomic E-state index is 6.12. The van der Waals surface area contributed by atoms with Crippen molar-refractivity contribution >= 4 is 41.6 Å². The number of nitrogens with zero attached hydrogens (tertiary/aromatic N) is 3. The van der Waals surface area contributed by atoms with Crippen molar-refractivity contribution in [2.45, 2.75) is 18.9 Å². The smallest absolute Gasteiger partial charge is 0.216 e. The molecule has 5 nitrogen and oxygen atoms in total. The van der Waals surface area contributed by atoms with Crippen LogP contribution in [0.5, 0.6) is 0 Å². The third-order valence-electron chi connectivity index (χ3n) is 3.20. The minimum atomic E-state index is -0.0863. The van der Waals surface area contributed by atoms with Crippen LogP contribution < -0.4 is 0 Å². The van der Waals surface area contributed by atoms with E-state index in [1.165, 1.54) is 0 Å². The zero-order valence-corrected chi connectivity index (χ0v) is 13.3. The number of aromatic nitrogens is 3. The highest BCUT2D eigenvalue weighted by Gasteiger charge is 2.23. The number of nitrogens with one attached hydrogen (secondary N) is 1. The molecule has 1 aliphatic heterocycles. The van der Waals surface area contributed by atoms with Crippen LogP contribution in [0, 0.1) is 4.77 Å². The molecule has 1 fully saturated rings. The van der Waals surface area contributed by atoms with E-state index in [-0.39, 0.29) is 6.10 Å². The topological polar surface area (TPSA) is 55.2 Å². The summed E-state index contributed by atoms with van der Waals surface area (Å²) in [5.41, 5.74) is 0.641. The second-order valence-corrected chi connectivity index (χ2v) is 5.78. The van der Waals surface area contributed by atoms with Gasteiger partial charge in [0.25, 0.3) is 0 Å². The quantitative estimate of drug-likeness (QED) is 0.677. The Morgan fingerprint density at radius 3 is 2.86 bits per heavy atom. The number of aromatic amines is 1. The van der Waals surface area contributed by atoms with Crippen LogP contribution in [0.25, 0.3) is 0 Å². The number of hydrogen-bond acceptors (Lipinski definition) is 4. The van der Waals surface area contributed by atoms with Crippen LogP contribution in [-0.4, -0.2) is 27.7 Å². The van der Waals surface area contributed by atoms with E-state index >= 15 is 0 Å². The van der Waals surface area contributed by atoms with Crippen LogP contribution in [0.3, 0.4) is 0 Å². The SMILES string of the molecule is S=c1[nH]nc([C@H]2CCCO2)n1N=Cc1c(Cl)cccc1Cl. The molecule has 1 aromatic carbocycles. The first-order chi connectivity index (χ1) is 10.2. The molecular weight excluding hydrogens is 331 g/mol. The number of hydrogen-bond donors (Lipinski definition) is 1. The first-order valence-corrected chi connectivity index (χ1v) is 7.60. The Kier molecular flexibility index (Phi) is 4.40. The summed E-state index contributed by atoms with van der Waals surface area (Å²) in [7, 11) is 0. The average Bonchev–Trinajstić information content (AvgIpc) is 3.08. The summed E-state index contributed by atoms with van der Waals surface area (Å²) in [6, 6.07) is 5.29. The van der Waals surface area contributed by atoms with Crippen LogP contribution in [0.1, 0.15) is 30.3 Å². The summed E-state index contributed by atoms with van der Waals surface area (Å²) >= 11 is 17.4. The van der Waals surface area contributed by atoms with Crippen molar-refractivity contribution in [2.75, 3.05) is 6.61 Å². The van der Waals surface area contributed by atoms with Gasteiger partial charge in [-0.25, -0.2) is 0 Å². The molecule has 0 aliphatic carbocycles. The number of ether oxygens (including phenoxy) is 1. The molecule has 1 N–H and O–H groups in total. The van der Waals surface area contributed by atoms with Crippen LogP contribution in [0.2, 0.25) is 10.0 Å². The van der Waals surface area contributed by atoms with Crippen molar-refractivity contribution in [3.05, 3.63) is 44.4 Å². The number of halogens is 2. The molecule has 0 amide bonds. The predicted octanol–water partition coefficient (Wildman–Crippen LogP) is 3.98. The standard InChI is InChI=1S/C13H12Cl2N4OS/c14-9-3-1-4-10(15)8(9)7-16-19-12(17-18-13(19)21)11-5-2-6-20-11/h1,3-4,7,11H,2,5-6H2,(H,18,21)/t11-/m1/s1. The monoisotopic (exact) mass is 342 g/mol. The van der Waals surface area contributed by atoms with Crippen LogP contribution in [-0.2, 0) is 4.74 Å². The van der Waals surface area contributed by atoms with Crippen LogP contribution >= 0.6 is 35.4 Å². The molecule has 1 aliphatic rings. The molecule has 110 valence electrons. The van der Waals surface area contributed by atoms with Crippen molar-refractivity contribution in [2.24, 2.45) is 5.10 Å². The fourth-order valence-corrected chi connectivity index (χ4v) is 2.84. The molecule has 0 unspecified atom stereocenters. The summed E-state index contributed by atoms with van der Waals surface area (Å²) in [5.74, 6) is 0.664. The van der Waals surface area contributed by atoms with Crippen molar-refractivity contribution in [3.63, 3.8) is 0 Å². The van der Waals surface area contributed by atoms with Gasteiger partial charge in [-0.05, 0) is 37.2 Å². The normalized spacial score (nSPS) is 18.7. The summed E-state index contributed by atoms with van der Waals surface area (Å²) in [6.45, 7) is 0.727. The van der Waals surface area contributed by atoms with Gasteiger partial charge in [-0.15, -0.1) is 0 Å². The summed E-state index contributed by atoms with van der Waals surface area (Å²) in [5, 5.41) is 12.3. The second-order valence-electron chi connectivity index (χ2n) is 4.58. The molecule has 0 saturated carbocycles. The minimum absolute atomic E-state index is 0.0863. The van der Waals surface area contributed by atoms with Crippen molar-refractivity contribution < 1.29 is 4.74 Å². The lowest BCUT2D eigenvalue weighted by atomic mass is 10.2. The van der Waals surface area contributed by atoms with Gasteiger partial charge in [-0.1, -0.05) is 29.3 Å². The highest BCUT2D eigenvalue weighted by Crippen LogP contribution is 2.27. The van der Waals surface area contributed by atoms with E-state index in [0.29, 0.717) is 26.2 Å². The van der Waals surface area contributed by atoms with Gasteiger partial charge in [-0.2, -0.15) is 14.9 Å². The van der Waals surface area contributed by atoms with E-state index in [1.54, 1.807) is 29.1 Å². The van der Waals surface area contributed by atoms with Gasteiger partial charge in [0.1, 0.15) is 6.10 Å². The zero-order chi connectivity index (χ0) is 14.8. The largest absolute Gasteiger partial charge is 0.370 e. The zero-order valence-electron chi connectivity index (χ0n) is 10.9. The Bertz CT molecular complexity index is 714. The highest BCUT2D eigenvalue weighted by atomic mass is 35.5. The second kappa shape index (κ2) is 6.27. The van der Waals surface area contributed by atoms with Gasteiger partial charge in [0.15, 0.2) is 5.82 Å². The van der Waals surface area contributed by atoms with Gasteiger partial charge in [-0.3, -0.25) is 5.10 Å². The molecule has 1 saturated heterocycles. The van der Waals surface area contributed by atoms with Crippen molar-refractivity contribution in [1.82, 2.24) is 14.9 Å². The molecule has 0 radical (unpaired) electrons. The van der Waals surface area contributed by atoms with Crippen LogP contribution in [0.15, 0.2) is 23.3 Å². The van der Waals surface area contributed by atoms with E-state index in [2.05, 4.69) is 15.3 Å². The molecule has 2 heterocycles. The van der Waals surface area contributed by atoms with E-state index < -0.39 is 0 Å². The van der Waals surface area contributed by atoms with E-state index in [9.17, 15) is 0 Å². The molecular formula is C13H12Cl2N4OS. The lowest BCUT2D eigenvalue weighted by Gasteiger charge is -2.07. The van der Waals surface area contributed by atoms with Crippen molar-refractivity contribution in [3.8, 4) is 0 Å². The molecule has 0 spiro atoms. The fraction of sp³-hybridized carbons (Fsp3) is 0.308. The number of rotatable bonds is 3. The molecule has 1 aromatic heterocycles. The lowest BCUT2D eigenvalue weighted by Crippen LogP contribution is -2.05. The Morgan fingerprint density at radius 1 is 1.43 bits per heavy atom. The third-order valence-corrected chi connectivity index (χ3v) is 4.12. The van der Waals surface area contributed by atoms with Gasteiger partial charge in [0.05, 0.1) is 16.3 Å². The van der Waals surface area contributed by atoms with Gasteiger partial charge in [0.2, 0.25) is 4.77 Å². The van der Waals surface area contributed by atoms with E-state index in [1.807, 2.05) is 0 Å². The van der Waals surface area contributed by atoms with Crippen LogP contribution in [0.4, 0.5) is 0 Å². The summed E-state index contributed by atoms with van der Waals surface area (Å²) < 4.78 is 7.57. The van der Waals surface area contributed by atoms with Crippen molar-refractivity contribution in [1.29, 1.82) is 0 Å². The summed E-state index contributed by atoms with van der Waals surface area (Å²) in [4.78, 5) is 0. The maximum atomic E-state index is 6.12. The Balaban J connectivity index is 1.96. The molecule has 0 bridgehead atoms.